The van der Waals surface area contributed by atoms with Gasteiger partial charge in [0.05, 0.1) is 16.7 Å². The fourth-order valence-electron chi connectivity index (χ4n) is 7.34. The van der Waals surface area contributed by atoms with Crippen molar-refractivity contribution in [3.63, 3.8) is 0 Å². The molecule has 0 unspecified atom stereocenters. The van der Waals surface area contributed by atoms with Gasteiger partial charge in [0.25, 0.3) is 0 Å². The zero-order chi connectivity index (χ0) is 31.6. The maximum Gasteiger partial charge on any atom is 0.159 e. The van der Waals surface area contributed by atoms with Crippen molar-refractivity contribution < 1.29 is 0 Å². The monoisotopic (exact) mass is 610 g/mol. The molecule has 9 aromatic rings. The highest BCUT2D eigenvalue weighted by Crippen LogP contribution is 2.50. The first kappa shape index (κ1) is 26.7. The van der Waals surface area contributed by atoms with Gasteiger partial charge < -0.3 is 0 Å². The van der Waals surface area contributed by atoms with Gasteiger partial charge in [0.15, 0.2) is 5.82 Å². The topological polar surface area (TPSA) is 51.6 Å². The lowest BCUT2D eigenvalue weighted by Gasteiger charge is -2.14. The number of rotatable bonds is 4. The Morgan fingerprint density at radius 3 is 1.75 bits per heavy atom. The Bertz CT molecular complexity index is 2670. The number of benzene rings is 6. The molecular formula is C44H26N4. The van der Waals surface area contributed by atoms with Gasteiger partial charge in [-0.05, 0) is 79.5 Å². The average molecular weight is 611 g/mol. The van der Waals surface area contributed by atoms with E-state index >= 15 is 0 Å². The first-order valence-electron chi connectivity index (χ1n) is 16.1. The summed E-state index contributed by atoms with van der Waals surface area (Å²) in [6.07, 6.45) is 5.40. The lowest BCUT2D eigenvalue weighted by Crippen LogP contribution is -1.92. The Balaban J connectivity index is 1.05. The molecule has 0 spiro atoms. The Kier molecular flexibility index (Phi) is 5.84. The van der Waals surface area contributed by atoms with Gasteiger partial charge in [0, 0.05) is 40.5 Å². The number of aromatic nitrogens is 4. The van der Waals surface area contributed by atoms with Crippen LogP contribution in [0.3, 0.4) is 0 Å². The second-order valence-electron chi connectivity index (χ2n) is 12.3. The number of pyridine rings is 2. The third kappa shape index (κ3) is 4.10. The lowest BCUT2D eigenvalue weighted by molar-refractivity contribution is 1.18. The van der Waals surface area contributed by atoms with Crippen LogP contribution in [0.5, 0.6) is 0 Å². The van der Waals surface area contributed by atoms with Crippen molar-refractivity contribution in [1.29, 1.82) is 0 Å². The molecule has 48 heavy (non-hydrogen) atoms. The van der Waals surface area contributed by atoms with Crippen LogP contribution in [0.25, 0.3) is 99.7 Å². The van der Waals surface area contributed by atoms with E-state index in [1.54, 1.807) is 12.4 Å². The van der Waals surface area contributed by atoms with E-state index < -0.39 is 0 Å². The molecule has 0 amide bonds. The molecule has 0 bridgehead atoms. The lowest BCUT2D eigenvalue weighted by atomic mass is 9.91. The largest absolute Gasteiger partial charge is 0.254 e. The van der Waals surface area contributed by atoms with Crippen molar-refractivity contribution in [3.05, 3.63) is 158 Å². The van der Waals surface area contributed by atoms with Gasteiger partial charge in [0.2, 0.25) is 0 Å². The minimum Gasteiger partial charge on any atom is -0.254 e. The molecule has 6 aromatic carbocycles. The number of hydrogen-bond acceptors (Lipinski definition) is 4. The Morgan fingerprint density at radius 2 is 0.979 bits per heavy atom. The van der Waals surface area contributed by atoms with E-state index in [9.17, 15) is 0 Å². The summed E-state index contributed by atoms with van der Waals surface area (Å²) < 4.78 is 0. The van der Waals surface area contributed by atoms with E-state index in [-0.39, 0.29) is 0 Å². The zero-order valence-electron chi connectivity index (χ0n) is 25.8. The molecular weight excluding hydrogens is 585 g/mol. The standard InChI is InChI=1S/C44H26N4/c1-2-7-33-32(6-1)35-8-3-9-36-34(20-21-37(33)41(35)36)39-26-31-19-22-40(48-42(31)43-38(39)10-4-23-45-43)29-15-11-27(12-16-29)28-13-17-30(18-14-28)44-46-24-5-25-47-44/h1-26H. The minimum absolute atomic E-state index is 0.729. The number of fused-ring (bicyclic) bond motifs is 6. The third-order valence-electron chi connectivity index (χ3n) is 9.61. The van der Waals surface area contributed by atoms with Crippen LogP contribution in [0.2, 0.25) is 0 Å². The quantitative estimate of drug-likeness (QED) is 0.186. The van der Waals surface area contributed by atoms with Crippen LogP contribution in [-0.2, 0) is 0 Å². The second kappa shape index (κ2) is 10.5. The maximum atomic E-state index is 5.21. The van der Waals surface area contributed by atoms with Crippen LogP contribution in [0.4, 0.5) is 0 Å². The van der Waals surface area contributed by atoms with E-state index in [4.69, 9.17) is 9.97 Å². The van der Waals surface area contributed by atoms with E-state index in [0.29, 0.717) is 0 Å². The van der Waals surface area contributed by atoms with Gasteiger partial charge in [-0.25, -0.2) is 15.0 Å². The molecule has 0 fully saturated rings. The van der Waals surface area contributed by atoms with Gasteiger partial charge >= 0.3 is 0 Å². The van der Waals surface area contributed by atoms with Crippen molar-refractivity contribution in [1.82, 2.24) is 19.9 Å². The second-order valence-corrected chi connectivity index (χ2v) is 12.3. The minimum atomic E-state index is 0.729. The van der Waals surface area contributed by atoms with Gasteiger partial charge in [-0.1, -0.05) is 115 Å². The summed E-state index contributed by atoms with van der Waals surface area (Å²) in [5.41, 5.74) is 14.7. The average Bonchev–Trinajstić information content (AvgIpc) is 3.50. The summed E-state index contributed by atoms with van der Waals surface area (Å²) in [6, 6.07) is 49.6. The van der Waals surface area contributed by atoms with Gasteiger partial charge in [-0.2, -0.15) is 0 Å². The summed E-state index contributed by atoms with van der Waals surface area (Å²) in [5.74, 6) is 0.729. The van der Waals surface area contributed by atoms with Crippen LogP contribution < -0.4 is 0 Å². The van der Waals surface area contributed by atoms with E-state index in [1.165, 1.54) is 44.2 Å². The summed E-state index contributed by atoms with van der Waals surface area (Å²) in [7, 11) is 0. The summed E-state index contributed by atoms with van der Waals surface area (Å²) in [5, 5.41) is 4.76. The Hall–Kier alpha value is -6.52. The third-order valence-corrected chi connectivity index (χ3v) is 9.61. The van der Waals surface area contributed by atoms with Crippen LogP contribution in [0.15, 0.2) is 158 Å². The molecule has 0 saturated carbocycles. The van der Waals surface area contributed by atoms with Crippen molar-refractivity contribution in [2.75, 3.05) is 0 Å². The first-order valence-corrected chi connectivity index (χ1v) is 16.1. The van der Waals surface area contributed by atoms with Crippen molar-refractivity contribution in [2.45, 2.75) is 0 Å². The predicted molar refractivity (Wildman–Crippen MR) is 196 cm³/mol. The highest BCUT2D eigenvalue weighted by molar-refractivity contribution is 6.21. The Labute approximate surface area is 277 Å². The smallest absolute Gasteiger partial charge is 0.159 e. The van der Waals surface area contributed by atoms with Crippen molar-refractivity contribution >= 4 is 32.6 Å². The zero-order valence-corrected chi connectivity index (χ0v) is 25.8. The number of nitrogens with zero attached hydrogens (tertiary/aromatic N) is 4. The van der Waals surface area contributed by atoms with E-state index in [2.05, 4.69) is 137 Å². The predicted octanol–water partition coefficient (Wildman–Crippen LogP) is 11.0. The first-order chi connectivity index (χ1) is 23.8. The molecule has 1 aliphatic carbocycles. The van der Waals surface area contributed by atoms with Crippen molar-refractivity contribution in [3.8, 4) is 67.2 Å². The van der Waals surface area contributed by atoms with Crippen molar-refractivity contribution in [2.24, 2.45) is 0 Å². The maximum absolute atomic E-state index is 5.21. The highest BCUT2D eigenvalue weighted by atomic mass is 14.8. The molecule has 222 valence electrons. The molecule has 3 heterocycles. The number of hydrogen-bond donors (Lipinski definition) is 0. The van der Waals surface area contributed by atoms with Crippen LogP contribution in [0.1, 0.15) is 0 Å². The summed E-state index contributed by atoms with van der Waals surface area (Å²) in [6.45, 7) is 0. The summed E-state index contributed by atoms with van der Waals surface area (Å²) >= 11 is 0. The molecule has 0 atom stereocenters. The fourth-order valence-corrected chi connectivity index (χ4v) is 7.34. The van der Waals surface area contributed by atoms with Gasteiger partial charge in [0.1, 0.15) is 0 Å². The molecule has 0 N–H and O–H groups in total. The molecule has 4 heteroatoms. The molecule has 10 rings (SSSR count). The normalized spacial score (nSPS) is 11.8. The summed E-state index contributed by atoms with van der Waals surface area (Å²) in [4.78, 5) is 18.8. The molecule has 4 nitrogen and oxygen atoms in total. The molecule has 0 radical (unpaired) electrons. The molecule has 1 aliphatic rings. The molecule has 0 saturated heterocycles. The van der Waals surface area contributed by atoms with Gasteiger partial charge in [-0.3, -0.25) is 4.98 Å². The van der Waals surface area contributed by atoms with Gasteiger partial charge in [-0.15, -0.1) is 0 Å². The van der Waals surface area contributed by atoms with Crippen LogP contribution >= 0.6 is 0 Å². The van der Waals surface area contributed by atoms with Crippen LogP contribution in [0, 0.1) is 0 Å². The Morgan fingerprint density at radius 1 is 0.354 bits per heavy atom. The van der Waals surface area contributed by atoms with Crippen LogP contribution in [-0.4, -0.2) is 19.9 Å². The van der Waals surface area contributed by atoms with E-state index in [0.717, 1.165) is 55.6 Å². The fraction of sp³-hybridized carbons (Fsp3) is 0. The highest BCUT2D eigenvalue weighted by Gasteiger charge is 2.23. The molecule has 3 aromatic heterocycles. The molecule has 0 aliphatic heterocycles. The SMILES string of the molecule is c1cnc(-c2ccc(-c3ccc(-c4ccc5cc(-c6ccc7c8c(cccc68)-c6ccccc6-7)c6cccnc6c5n4)cc3)cc2)nc1. The van der Waals surface area contributed by atoms with E-state index in [1.807, 2.05) is 18.3 Å².